The van der Waals surface area contributed by atoms with Gasteiger partial charge in [0.05, 0.1) is 17.4 Å². The molecule has 1 heterocycles. The molecule has 0 fully saturated rings. The van der Waals surface area contributed by atoms with Crippen molar-refractivity contribution in [3.8, 4) is 0 Å². The second-order valence-corrected chi connectivity index (χ2v) is 6.80. The van der Waals surface area contributed by atoms with Crippen molar-refractivity contribution in [3.63, 3.8) is 0 Å². The standard InChI is InChI=1S/C21H23N3O2/c1-13(2)24(21(26)16-10-7-8-14(3)15(16)4)12-19-22-18-11-6-5-9-17(18)20(25)23-19/h5-11,13H,12H2,1-4H3,(H,22,23,25). The van der Waals surface area contributed by atoms with Crippen LogP contribution in [0.5, 0.6) is 0 Å². The predicted octanol–water partition coefficient (Wildman–Crippen LogP) is 3.59. The minimum Gasteiger partial charge on any atom is -0.329 e. The van der Waals surface area contributed by atoms with Crippen LogP contribution in [0.3, 0.4) is 0 Å². The first-order valence-corrected chi connectivity index (χ1v) is 8.73. The molecule has 0 unspecified atom stereocenters. The van der Waals surface area contributed by atoms with E-state index in [1.54, 1.807) is 17.0 Å². The highest BCUT2D eigenvalue weighted by Crippen LogP contribution is 2.18. The van der Waals surface area contributed by atoms with E-state index in [9.17, 15) is 9.59 Å². The van der Waals surface area contributed by atoms with Crippen LogP contribution < -0.4 is 5.56 Å². The maximum absolute atomic E-state index is 13.1. The van der Waals surface area contributed by atoms with Gasteiger partial charge in [-0.15, -0.1) is 0 Å². The first kappa shape index (κ1) is 17.9. The summed E-state index contributed by atoms with van der Waals surface area (Å²) in [7, 11) is 0. The van der Waals surface area contributed by atoms with Crippen LogP contribution in [0.4, 0.5) is 0 Å². The highest BCUT2D eigenvalue weighted by molar-refractivity contribution is 5.96. The van der Waals surface area contributed by atoms with Crippen LogP contribution in [0.25, 0.3) is 10.9 Å². The summed E-state index contributed by atoms with van der Waals surface area (Å²) in [6.07, 6.45) is 0. The number of para-hydroxylation sites is 1. The van der Waals surface area contributed by atoms with Crippen molar-refractivity contribution in [3.05, 3.63) is 75.3 Å². The summed E-state index contributed by atoms with van der Waals surface area (Å²) in [6.45, 7) is 8.12. The van der Waals surface area contributed by atoms with Crippen molar-refractivity contribution in [1.82, 2.24) is 14.9 Å². The van der Waals surface area contributed by atoms with Gasteiger partial charge < -0.3 is 9.88 Å². The molecule has 134 valence electrons. The Morgan fingerprint density at radius 1 is 1.12 bits per heavy atom. The van der Waals surface area contributed by atoms with Gasteiger partial charge >= 0.3 is 0 Å². The van der Waals surface area contributed by atoms with Crippen LogP contribution in [-0.4, -0.2) is 26.8 Å². The monoisotopic (exact) mass is 349 g/mol. The SMILES string of the molecule is Cc1cccc(C(=O)N(Cc2nc3ccccc3c(=O)[nH]2)C(C)C)c1C. The van der Waals surface area contributed by atoms with Gasteiger partial charge in [0.15, 0.2) is 0 Å². The molecular weight excluding hydrogens is 326 g/mol. The third-order valence-electron chi connectivity index (χ3n) is 4.70. The number of H-pyrrole nitrogens is 1. The lowest BCUT2D eigenvalue weighted by molar-refractivity contribution is 0.0684. The molecule has 1 aromatic heterocycles. The summed E-state index contributed by atoms with van der Waals surface area (Å²) in [5.41, 5.74) is 3.18. The van der Waals surface area contributed by atoms with E-state index >= 15 is 0 Å². The zero-order valence-corrected chi connectivity index (χ0v) is 15.5. The van der Waals surface area contributed by atoms with Crippen molar-refractivity contribution in [2.24, 2.45) is 0 Å². The van der Waals surface area contributed by atoms with Crippen LogP contribution in [0.15, 0.2) is 47.3 Å². The number of nitrogens with one attached hydrogen (secondary N) is 1. The topological polar surface area (TPSA) is 66.1 Å². The van der Waals surface area contributed by atoms with E-state index in [0.29, 0.717) is 22.3 Å². The number of hydrogen-bond acceptors (Lipinski definition) is 3. The van der Waals surface area contributed by atoms with Gasteiger partial charge in [-0.2, -0.15) is 0 Å². The summed E-state index contributed by atoms with van der Waals surface area (Å²) in [6, 6.07) is 12.9. The maximum Gasteiger partial charge on any atom is 0.258 e. The molecule has 0 saturated heterocycles. The van der Waals surface area contributed by atoms with Gasteiger partial charge in [-0.1, -0.05) is 24.3 Å². The van der Waals surface area contributed by atoms with Crippen molar-refractivity contribution in [2.45, 2.75) is 40.3 Å². The van der Waals surface area contributed by atoms with Gasteiger partial charge in [-0.05, 0) is 57.0 Å². The average molecular weight is 349 g/mol. The number of amides is 1. The predicted molar refractivity (Wildman–Crippen MR) is 103 cm³/mol. The Kier molecular flexibility index (Phi) is 4.89. The smallest absolute Gasteiger partial charge is 0.258 e. The molecule has 1 N–H and O–H groups in total. The molecule has 0 radical (unpaired) electrons. The molecule has 0 saturated carbocycles. The Balaban J connectivity index is 1.98. The number of aromatic amines is 1. The third-order valence-corrected chi connectivity index (χ3v) is 4.70. The first-order valence-electron chi connectivity index (χ1n) is 8.73. The summed E-state index contributed by atoms with van der Waals surface area (Å²) < 4.78 is 0. The molecule has 0 aliphatic rings. The van der Waals surface area contributed by atoms with E-state index in [1.807, 2.05) is 58.0 Å². The minimum absolute atomic E-state index is 0.0285. The largest absolute Gasteiger partial charge is 0.329 e. The average Bonchev–Trinajstić information content (AvgIpc) is 2.61. The molecule has 3 rings (SSSR count). The highest BCUT2D eigenvalue weighted by atomic mass is 16.2. The van der Waals surface area contributed by atoms with Gasteiger partial charge in [0, 0.05) is 11.6 Å². The van der Waals surface area contributed by atoms with Crippen molar-refractivity contribution < 1.29 is 4.79 Å². The first-order chi connectivity index (χ1) is 12.4. The Hall–Kier alpha value is -2.95. The number of fused-ring (bicyclic) bond motifs is 1. The number of aryl methyl sites for hydroxylation is 1. The Morgan fingerprint density at radius 3 is 2.58 bits per heavy atom. The zero-order chi connectivity index (χ0) is 18.8. The molecule has 0 bridgehead atoms. The Morgan fingerprint density at radius 2 is 1.85 bits per heavy atom. The number of carbonyl (C=O) groups is 1. The van der Waals surface area contributed by atoms with Gasteiger partial charge in [0.2, 0.25) is 0 Å². The quantitative estimate of drug-likeness (QED) is 0.783. The van der Waals surface area contributed by atoms with Crippen molar-refractivity contribution in [2.75, 3.05) is 0 Å². The van der Waals surface area contributed by atoms with Gasteiger partial charge in [0.1, 0.15) is 5.82 Å². The van der Waals surface area contributed by atoms with E-state index in [4.69, 9.17) is 0 Å². The van der Waals surface area contributed by atoms with Gasteiger partial charge in [-0.3, -0.25) is 9.59 Å². The van der Waals surface area contributed by atoms with E-state index in [-0.39, 0.29) is 24.1 Å². The van der Waals surface area contributed by atoms with Crippen LogP contribution in [0.2, 0.25) is 0 Å². The molecule has 2 aromatic carbocycles. The molecule has 5 nitrogen and oxygen atoms in total. The molecule has 0 aliphatic carbocycles. The number of carbonyl (C=O) groups excluding carboxylic acids is 1. The van der Waals surface area contributed by atoms with Gasteiger partial charge in [0.25, 0.3) is 11.5 Å². The molecule has 3 aromatic rings. The Bertz CT molecular complexity index is 1020. The molecule has 0 atom stereocenters. The molecule has 1 amide bonds. The molecule has 26 heavy (non-hydrogen) atoms. The second-order valence-electron chi connectivity index (χ2n) is 6.80. The highest BCUT2D eigenvalue weighted by Gasteiger charge is 2.22. The fourth-order valence-electron chi connectivity index (χ4n) is 3.00. The zero-order valence-electron chi connectivity index (χ0n) is 15.5. The maximum atomic E-state index is 13.1. The molecule has 0 spiro atoms. The molecular formula is C21H23N3O2. The summed E-state index contributed by atoms with van der Waals surface area (Å²) in [5.74, 6) is 0.429. The minimum atomic E-state index is -0.187. The fourth-order valence-corrected chi connectivity index (χ4v) is 3.00. The van der Waals surface area contributed by atoms with Crippen molar-refractivity contribution >= 4 is 16.8 Å². The number of aromatic nitrogens is 2. The second kappa shape index (κ2) is 7.12. The lowest BCUT2D eigenvalue weighted by Gasteiger charge is -2.27. The number of rotatable bonds is 4. The lowest BCUT2D eigenvalue weighted by atomic mass is 10.0. The summed E-state index contributed by atoms with van der Waals surface area (Å²) in [4.78, 5) is 34.5. The number of nitrogens with zero attached hydrogens (tertiary/aromatic N) is 2. The van der Waals surface area contributed by atoms with Gasteiger partial charge in [-0.25, -0.2) is 4.98 Å². The van der Waals surface area contributed by atoms with E-state index in [0.717, 1.165) is 11.1 Å². The summed E-state index contributed by atoms with van der Waals surface area (Å²) in [5, 5.41) is 0.549. The number of hydrogen-bond donors (Lipinski definition) is 1. The third kappa shape index (κ3) is 3.38. The van der Waals surface area contributed by atoms with Crippen LogP contribution in [-0.2, 0) is 6.54 Å². The van der Waals surface area contributed by atoms with E-state index in [1.165, 1.54) is 0 Å². The summed E-state index contributed by atoms with van der Waals surface area (Å²) >= 11 is 0. The molecule has 0 aliphatic heterocycles. The van der Waals surface area contributed by atoms with Crippen LogP contribution in [0.1, 0.15) is 41.2 Å². The van der Waals surface area contributed by atoms with Crippen LogP contribution >= 0.6 is 0 Å². The van der Waals surface area contributed by atoms with Crippen molar-refractivity contribution in [1.29, 1.82) is 0 Å². The normalized spacial score (nSPS) is 11.1. The Labute approximate surface area is 152 Å². The van der Waals surface area contributed by atoms with E-state index in [2.05, 4.69) is 9.97 Å². The van der Waals surface area contributed by atoms with E-state index < -0.39 is 0 Å². The number of benzene rings is 2. The molecule has 5 heteroatoms. The van der Waals surface area contributed by atoms with Crippen LogP contribution in [0, 0.1) is 13.8 Å². The lowest BCUT2D eigenvalue weighted by Crippen LogP contribution is -2.37. The fraction of sp³-hybridized carbons (Fsp3) is 0.286.